The Hall–Kier alpha value is -2.53. The van der Waals surface area contributed by atoms with E-state index >= 15 is 0 Å². The second-order valence-corrected chi connectivity index (χ2v) is 3.49. The standard InChI is InChI=1S/C12H8N2.CH4N2O/c1-2-6-10-9(5-1)13-11-7-3-4-8-12(11)14-10;2-3-1-4/h1-8H;1H,2H2,(H,3,4). The predicted molar refractivity (Wildman–Crippen MR) is 70.4 cm³/mol. The quantitative estimate of drug-likeness (QED) is 0.221. The highest BCUT2D eigenvalue weighted by Gasteiger charge is 1.98. The van der Waals surface area contributed by atoms with E-state index in [2.05, 4.69) is 15.8 Å². The Morgan fingerprint density at radius 1 is 0.833 bits per heavy atom. The van der Waals surface area contributed by atoms with Gasteiger partial charge in [0.1, 0.15) is 0 Å². The van der Waals surface area contributed by atoms with Gasteiger partial charge in [0.25, 0.3) is 0 Å². The summed E-state index contributed by atoms with van der Waals surface area (Å²) in [6, 6.07) is 15.8. The van der Waals surface area contributed by atoms with E-state index in [9.17, 15) is 0 Å². The zero-order chi connectivity index (χ0) is 12.8. The molecule has 1 heterocycles. The van der Waals surface area contributed by atoms with E-state index in [-0.39, 0.29) is 0 Å². The topological polar surface area (TPSA) is 80.9 Å². The van der Waals surface area contributed by atoms with E-state index in [0.717, 1.165) is 22.1 Å². The molecule has 0 bridgehead atoms. The van der Waals surface area contributed by atoms with Gasteiger partial charge in [0.15, 0.2) is 0 Å². The first-order valence-electron chi connectivity index (χ1n) is 5.36. The van der Waals surface area contributed by atoms with Crippen LogP contribution in [0.3, 0.4) is 0 Å². The van der Waals surface area contributed by atoms with Crippen molar-refractivity contribution < 1.29 is 4.79 Å². The molecule has 0 atom stereocenters. The molecule has 0 fully saturated rings. The lowest BCUT2D eigenvalue weighted by Gasteiger charge is -1.98. The average Bonchev–Trinajstić information content (AvgIpc) is 2.45. The molecule has 1 aromatic heterocycles. The highest BCUT2D eigenvalue weighted by atomic mass is 16.1. The van der Waals surface area contributed by atoms with Crippen LogP contribution in [0.2, 0.25) is 0 Å². The van der Waals surface area contributed by atoms with Crippen molar-refractivity contribution in [2.24, 2.45) is 5.84 Å². The summed E-state index contributed by atoms with van der Waals surface area (Å²) in [5, 5.41) is 0. The Bertz CT molecular complexity index is 564. The minimum absolute atomic E-state index is 0.403. The Balaban J connectivity index is 0.000000267. The van der Waals surface area contributed by atoms with Crippen LogP contribution >= 0.6 is 0 Å². The fraction of sp³-hybridized carbons (Fsp3) is 0. The van der Waals surface area contributed by atoms with Gasteiger partial charge < -0.3 is 0 Å². The van der Waals surface area contributed by atoms with E-state index in [1.807, 2.05) is 48.5 Å². The summed E-state index contributed by atoms with van der Waals surface area (Å²) in [6.45, 7) is 0. The fourth-order valence-electron chi connectivity index (χ4n) is 1.57. The zero-order valence-electron chi connectivity index (χ0n) is 9.58. The number of fused-ring (bicyclic) bond motifs is 2. The number of hydrogen-bond acceptors (Lipinski definition) is 4. The van der Waals surface area contributed by atoms with Gasteiger partial charge in [-0.05, 0) is 24.3 Å². The highest BCUT2D eigenvalue weighted by molar-refractivity contribution is 5.85. The lowest BCUT2D eigenvalue weighted by Crippen LogP contribution is -2.18. The Labute approximate surface area is 104 Å². The number of benzene rings is 2. The van der Waals surface area contributed by atoms with Gasteiger partial charge in [-0.3, -0.25) is 10.2 Å². The number of hydrazine groups is 1. The van der Waals surface area contributed by atoms with Gasteiger partial charge in [0.2, 0.25) is 6.41 Å². The Morgan fingerprint density at radius 3 is 1.33 bits per heavy atom. The number of carbonyl (C=O) groups is 1. The lowest BCUT2D eigenvalue weighted by molar-refractivity contribution is -0.109. The van der Waals surface area contributed by atoms with Crippen LogP contribution in [-0.4, -0.2) is 16.4 Å². The molecule has 5 heteroatoms. The molecule has 2 aromatic carbocycles. The van der Waals surface area contributed by atoms with Crippen molar-refractivity contribution in [1.82, 2.24) is 15.4 Å². The summed E-state index contributed by atoms with van der Waals surface area (Å²) in [7, 11) is 0. The molecule has 18 heavy (non-hydrogen) atoms. The van der Waals surface area contributed by atoms with Crippen molar-refractivity contribution in [1.29, 1.82) is 0 Å². The second-order valence-electron chi connectivity index (χ2n) is 3.49. The molecule has 0 aliphatic carbocycles. The van der Waals surface area contributed by atoms with Crippen LogP contribution in [0.5, 0.6) is 0 Å². The zero-order valence-corrected chi connectivity index (χ0v) is 9.58. The first kappa shape index (κ1) is 11.9. The van der Waals surface area contributed by atoms with Gasteiger partial charge in [-0.15, -0.1) is 0 Å². The van der Waals surface area contributed by atoms with Crippen molar-refractivity contribution in [2.45, 2.75) is 0 Å². The molecule has 0 saturated carbocycles. The third kappa shape index (κ3) is 2.58. The van der Waals surface area contributed by atoms with Crippen LogP contribution in [0.25, 0.3) is 22.1 Å². The van der Waals surface area contributed by atoms with Gasteiger partial charge >= 0.3 is 0 Å². The number of nitrogens with one attached hydrogen (secondary N) is 1. The minimum Gasteiger partial charge on any atom is -0.297 e. The first-order valence-corrected chi connectivity index (χ1v) is 5.36. The van der Waals surface area contributed by atoms with Gasteiger partial charge in [0.05, 0.1) is 22.1 Å². The largest absolute Gasteiger partial charge is 0.297 e. The maximum Gasteiger partial charge on any atom is 0.221 e. The number of rotatable bonds is 1. The van der Waals surface area contributed by atoms with Crippen molar-refractivity contribution in [2.75, 3.05) is 0 Å². The summed E-state index contributed by atoms with van der Waals surface area (Å²) in [5.74, 6) is 4.41. The van der Waals surface area contributed by atoms with Gasteiger partial charge in [0, 0.05) is 0 Å². The SMILES string of the molecule is NNC=O.c1ccc2nc3ccccc3nc2c1. The van der Waals surface area contributed by atoms with Crippen LogP contribution in [0.4, 0.5) is 0 Å². The third-order valence-electron chi connectivity index (χ3n) is 2.31. The molecule has 0 unspecified atom stereocenters. The number of nitrogens with two attached hydrogens (primary N) is 1. The van der Waals surface area contributed by atoms with Gasteiger partial charge in [-0.25, -0.2) is 15.8 Å². The molecular formula is C13H12N4O. The van der Waals surface area contributed by atoms with Crippen LogP contribution in [0.1, 0.15) is 0 Å². The average molecular weight is 240 g/mol. The summed E-state index contributed by atoms with van der Waals surface area (Å²) >= 11 is 0. The van der Waals surface area contributed by atoms with Crippen LogP contribution < -0.4 is 11.3 Å². The van der Waals surface area contributed by atoms with Crippen molar-refractivity contribution in [3.8, 4) is 0 Å². The van der Waals surface area contributed by atoms with Crippen molar-refractivity contribution in [3.63, 3.8) is 0 Å². The van der Waals surface area contributed by atoms with E-state index in [4.69, 9.17) is 4.79 Å². The van der Waals surface area contributed by atoms with Crippen LogP contribution in [-0.2, 0) is 4.79 Å². The molecule has 0 aliphatic heterocycles. The molecule has 0 spiro atoms. The van der Waals surface area contributed by atoms with Gasteiger partial charge in [-0.1, -0.05) is 24.3 Å². The molecule has 3 aromatic rings. The number of amides is 1. The summed E-state index contributed by atoms with van der Waals surface area (Å²) in [5.41, 5.74) is 5.55. The molecule has 3 N–H and O–H groups in total. The number of aromatic nitrogens is 2. The second kappa shape index (κ2) is 5.70. The monoisotopic (exact) mass is 240 g/mol. The molecule has 90 valence electrons. The van der Waals surface area contributed by atoms with E-state index in [1.165, 1.54) is 0 Å². The van der Waals surface area contributed by atoms with Crippen molar-refractivity contribution >= 4 is 28.5 Å². The summed E-state index contributed by atoms with van der Waals surface area (Å²) in [4.78, 5) is 18.0. The smallest absolute Gasteiger partial charge is 0.221 e. The number of nitrogens with zero attached hydrogens (tertiary/aromatic N) is 2. The molecule has 5 nitrogen and oxygen atoms in total. The normalized spacial score (nSPS) is 9.61. The molecule has 0 aliphatic rings. The Morgan fingerprint density at radius 2 is 1.11 bits per heavy atom. The lowest BCUT2D eigenvalue weighted by atomic mass is 10.2. The fourth-order valence-corrected chi connectivity index (χ4v) is 1.57. The summed E-state index contributed by atoms with van der Waals surface area (Å²) in [6.07, 6.45) is 0.403. The third-order valence-corrected chi connectivity index (χ3v) is 2.31. The molecular weight excluding hydrogens is 228 g/mol. The van der Waals surface area contributed by atoms with E-state index in [0.29, 0.717) is 6.41 Å². The van der Waals surface area contributed by atoms with Crippen molar-refractivity contribution in [3.05, 3.63) is 48.5 Å². The van der Waals surface area contributed by atoms with Gasteiger partial charge in [-0.2, -0.15) is 0 Å². The van der Waals surface area contributed by atoms with E-state index < -0.39 is 0 Å². The van der Waals surface area contributed by atoms with E-state index in [1.54, 1.807) is 5.43 Å². The molecule has 3 rings (SSSR count). The molecule has 0 saturated heterocycles. The predicted octanol–water partition coefficient (Wildman–Crippen LogP) is 1.39. The van der Waals surface area contributed by atoms with Crippen LogP contribution in [0.15, 0.2) is 48.5 Å². The number of hydrogen-bond donors (Lipinski definition) is 2. The highest BCUT2D eigenvalue weighted by Crippen LogP contribution is 2.14. The maximum absolute atomic E-state index is 8.94. The number of carbonyl (C=O) groups excluding carboxylic acids is 1. The maximum atomic E-state index is 8.94. The molecule has 0 radical (unpaired) electrons. The minimum atomic E-state index is 0.403. The summed E-state index contributed by atoms with van der Waals surface area (Å²) < 4.78 is 0. The van der Waals surface area contributed by atoms with Crippen LogP contribution in [0, 0.1) is 0 Å². The first-order chi connectivity index (χ1) is 8.85. The Kier molecular flexibility index (Phi) is 3.78. The number of para-hydroxylation sites is 4. The molecule has 1 amide bonds.